The van der Waals surface area contributed by atoms with Gasteiger partial charge in [-0.3, -0.25) is 0 Å². The van der Waals surface area contributed by atoms with Gasteiger partial charge in [-0.1, -0.05) is 20.8 Å². The minimum absolute atomic E-state index is 0.170. The Morgan fingerprint density at radius 3 is 1.75 bits per heavy atom. The first-order chi connectivity index (χ1) is 5.13. The number of hydrogen-bond donors (Lipinski definition) is 2. The first-order valence-corrected chi connectivity index (χ1v) is 4.63. The van der Waals surface area contributed by atoms with Crippen molar-refractivity contribution in [3.8, 4) is 0 Å². The zero-order valence-electron chi connectivity index (χ0n) is 9.36. The average molecular weight is 172 g/mol. The lowest BCUT2D eigenvalue weighted by molar-refractivity contribution is 0.284. The van der Waals surface area contributed by atoms with E-state index in [9.17, 15) is 0 Å². The molecule has 0 aromatic carbocycles. The summed E-state index contributed by atoms with van der Waals surface area (Å²) in [5.41, 5.74) is 6.36. The summed E-state index contributed by atoms with van der Waals surface area (Å²) in [7, 11) is 0. The molecule has 2 nitrogen and oxygen atoms in total. The summed E-state index contributed by atoms with van der Waals surface area (Å²) >= 11 is 0. The van der Waals surface area contributed by atoms with Gasteiger partial charge in [-0.25, -0.2) is 0 Å². The summed E-state index contributed by atoms with van der Waals surface area (Å²) in [4.78, 5) is 0. The molecule has 0 spiro atoms. The third kappa shape index (κ3) is 5.56. The largest absolute Gasteiger partial charge is 0.326 e. The molecule has 0 aliphatic heterocycles. The minimum Gasteiger partial charge on any atom is -0.326 e. The predicted molar refractivity (Wildman–Crippen MR) is 55.2 cm³/mol. The number of rotatable bonds is 2. The van der Waals surface area contributed by atoms with Gasteiger partial charge in [-0.2, -0.15) is 0 Å². The Morgan fingerprint density at radius 2 is 1.50 bits per heavy atom. The third-order valence-electron chi connectivity index (χ3n) is 1.96. The maximum Gasteiger partial charge on any atom is 0.0214 e. The van der Waals surface area contributed by atoms with Crippen LogP contribution in [0.5, 0.6) is 0 Å². The summed E-state index contributed by atoms with van der Waals surface area (Å²) in [6.07, 6.45) is 0. The van der Waals surface area contributed by atoms with E-state index in [1.54, 1.807) is 0 Å². The Hall–Kier alpha value is -0.0800. The van der Waals surface area contributed by atoms with Crippen molar-refractivity contribution in [2.75, 3.05) is 6.54 Å². The smallest absolute Gasteiger partial charge is 0.0214 e. The lowest BCUT2D eigenvalue weighted by Gasteiger charge is -2.30. The maximum atomic E-state index is 6.00. The van der Waals surface area contributed by atoms with Crippen molar-refractivity contribution in [2.45, 2.75) is 53.1 Å². The van der Waals surface area contributed by atoms with Crippen molar-refractivity contribution >= 4 is 0 Å². The van der Waals surface area contributed by atoms with Crippen LogP contribution >= 0.6 is 0 Å². The van der Waals surface area contributed by atoms with Gasteiger partial charge in [0.2, 0.25) is 0 Å². The van der Waals surface area contributed by atoms with Crippen LogP contribution in [-0.2, 0) is 0 Å². The van der Waals surface area contributed by atoms with Crippen molar-refractivity contribution in [3.63, 3.8) is 0 Å². The molecule has 0 aliphatic carbocycles. The highest BCUT2D eigenvalue weighted by Crippen LogP contribution is 2.16. The van der Waals surface area contributed by atoms with Crippen LogP contribution in [0.1, 0.15) is 41.5 Å². The lowest BCUT2D eigenvalue weighted by atomic mass is 9.87. The van der Waals surface area contributed by atoms with Crippen LogP contribution in [0.4, 0.5) is 0 Å². The van der Waals surface area contributed by atoms with E-state index in [4.69, 9.17) is 5.73 Å². The minimum atomic E-state index is 0.170. The average Bonchev–Trinajstić information content (AvgIpc) is 1.78. The van der Waals surface area contributed by atoms with Crippen molar-refractivity contribution in [2.24, 2.45) is 11.1 Å². The van der Waals surface area contributed by atoms with Gasteiger partial charge in [0, 0.05) is 18.1 Å². The van der Waals surface area contributed by atoms with E-state index in [1.807, 2.05) is 0 Å². The van der Waals surface area contributed by atoms with Gasteiger partial charge in [0.05, 0.1) is 0 Å². The molecule has 1 atom stereocenters. The molecule has 0 amide bonds. The fraction of sp³-hybridized carbons (Fsp3) is 1.00. The third-order valence-corrected chi connectivity index (χ3v) is 1.96. The first kappa shape index (κ1) is 11.9. The molecular formula is C10H24N2. The van der Waals surface area contributed by atoms with E-state index >= 15 is 0 Å². The molecule has 0 bridgehead atoms. The molecule has 0 fully saturated rings. The van der Waals surface area contributed by atoms with Gasteiger partial charge in [0.25, 0.3) is 0 Å². The van der Waals surface area contributed by atoms with Crippen LogP contribution in [0.15, 0.2) is 0 Å². The highest BCUT2D eigenvalue weighted by atomic mass is 15.0. The second-order valence-electron chi connectivity index (χ2n) is 5.60. The number of hydrogen-bond acceptors (Lipinski definition) is 2. The standard InChI is InChI=1S/C10H24N2/c1-9(2,3)8(11)7-12-10(4,5)6/h8,12H,7,11H2,1-6H3/t8-/m1/s1. The van der Waals surface area contributed by atoms with Crippen molar-refractivity contribution in [1.82, 2.24) is 5.32 Å². The molecule has 0 radical (unpaired) electrons. The van der Waals surface area contributed by atoms with E-state index in [0.717, 1.165) is 6.54 Å². The Labute approximate surface area is 76.9 Å². The molecule has 0 aromatic rings. The second-order valence-corrected chi connectivity index (χ2v) is 5.60. The monoisotopic (exact) mass is 172 g/mol. The summed E-state index contributed by atoms with van der Waals surface area (Å²) < 4.78 is 0. The van der Waals surface area contributed by atoms with Crippen LogP contribution in [0.3, 0.4) is 0 Å². The van der Waals surface area contributed by atoms with Crippen LogP contribution in [0.25, 0.3) is 0 Å². The van der Waals surface area contributed by atoms with E-state index in [1.165, 1.54) is 0 Å². The Kier molecular flexibility index (Phi) is 3.73. The van der Waals surface area contributed by atoms with Gasteiger partial charge < -0.3 is 11.1 Å². The van der Waals surface area contributed by atoms with Gasteiger partial charge in [0.15, 0.2) is 0 Å². The van der Waals surface area contributed by atoms with Crippen LogP contribution < -0.4 is 11.1 Å². The van der Waals surface area contributed by atoms with Gasteiger partial charge >= 0.3 is 0 Å². The van der Waals surface area contributed by atoms with Crippen molar-refractivity contribution < 1.29 is 0 Å². The van der Waals surface area contributed by atoms with Gasteiger partial charge in [-0.05, 0) is 26.2 Å². The Morgan fingerprint density at radius 1 is 1.08 bits per heavy atom. The van der Waals surface area contributed by atoms with E-state index in [0.29, 0.717) is 0 Å². The fourth-order valence-electron chi connectivity index (χ4n) is 0.722. The van der Waals surface area contributed by atoms with Crippen LogP contribution in [0, 0.1) is 5.41 Å². The molecule has 0 aromatic heterocycles. The summed E-state index contributed by atoms with van der Waals surface area (Å²) in [6, 6.07) is 0.219. The Balaban J connectivity index is 3.80. The lowest BCUT2D eigenvalue weighted by Crippen LogP contribution is -2.48. The molecule has 2 heteroatoms. The predicted octanol–water partition coefficient (Wildman–Crippen LogP) is 1.75. The normalized spacial score (nSPS) is 16.2. The fourth-order valence-corrected chi connectivity index (χ4v) is 0.722. The highest BCUT2D eigenvalue weighted by Gasteiger charge is 2.21. The summed E-state index contributed by atoms with van der Waals surface area (Å²) in [6.45, 7) is 13.9. The maximum absolute atomic E-state index is 6.00. The van der Waals surface area contributed by atoms with Crippen LogP contribution in [-0.4, -0.2) is 18.1 Å². The molecule has 0 rings (SSSR count). The second kappa shape index (κ2) is 3.75. The zero-order valence-corrected chi connectivity index (χ0v) is 9.36. The zero-order chi connectivity index (χ0) is 9.99. The molecule has 0 saturated heterocycles. The quantitative estimate of drug-likeness (QED) is 0.666. The van der Waals surface area contributed by atoms with Crippen molar-refractivity contribution in [1.29, 1.82) is 0 Å². The molecule has 0 aliphatic rings. The summed E-state index contributed by atoms with van der Waals surface area (Å²) in [5.74, 6) is 0. The molecule has 0 heterocycles. The van der Waals surface area contributed by atoms with E-state index in [2.05, 4.69) is 46.9 Å². The van der Waals surface area contributed by atoms with E-state index in [-0.39, 0.29) is 17.0 Å². The van der Waals surface area contributed by atoms with Crippen LogP contribution in [0.2, 0.25) is 0 Å². The van der Waals surface area contributed by atoms with Crippen molar-refractivity contribution in [3.05, 3.63) is 0 Å². The Bertz CT molecular complexity index is 128. The molecule has 3 N–H and O–H groups in total. The molecule has 12 heavy (non-hydrogen) atoms. The number of nitrogens with one attached hydrogen (secondary N) is 1. The molecule has 0 saturated carbocycles. The van der Waals surface area contributed by atoms with Gasteiger partial charge in [0.1, 0.15) is 0 Å². The molecule has 74 valence electrons. The topological polar surface area (TPSA) is 38.0 Å². The SMILES string of the molecule is CC(C)(C)NC[C@@H](N)C(C)(C)C. The summed E-state index contributed by atoms with van der Waals surface area (Å²) in [5, 5.41) is 3.40. The number of nitrogens with two attached hydrogens (primary N) is 1. The van der Waals surface area contributed by atoms with E-state index < -0.39 is 0 Å². The molecule has 0 unspecified atom stereocenters. The first-order valence-electron chi connectivity index (χ1n) is 4.63. The molecular weight excluding hydrogens is 148 g/mol. The van der Waals surface area contributed by atoms with Gasteiger partial charge in [-0.15, -0.1) is 0 Å². The highest BCUT2D eigenvalue weighted by molar-refractivity contribution is 4.82.